The van der Waals surface area contributed by atoms with Gasteiger partial charge in [-0.1, -0.05) is 43.7 Å². The van der Waals surface area contributed by atoms with E-state index >= 15 is 0 Å². The van der Waals surface area contributed by atoms with Crippen molar-refractivity contribution >= 4 is 28.7 Å². The van der Waals surface area contributed by atoms with E-state index in [4.69, 9.17) is 0 Å². The number of hydrogen-bond donors (Lipinski definition) is 0. The summed E-state index contributed by atoms with van der Waals surface area (Å²) in [6.45, 7) is 9.19. The second-order valence-electron chi connectivity index (χ2n) is 6.27. The molecule has 0 unspecified atom stereocenters. The standard InChI is InChI=1S/C18H23I/c1-13-6-5-11-18(3,4)16(13)10-9-15-8-7-14(2)17(19)12-15/h7-10,12H,5-6,11H2,1-4H3/b10-9+. The number of hydrogen-bond acceptors (Lipinski definition) is 0. The number of aryl methyl sites for hydroxylation is 1. The Balaban J connectivity index is 2.28. The van der Waals surface area contributed by atoms with Gasteiger partial charge in [0.05, 0.1) is 0 Å². The van der Waals surface area contributed by atoms with E-state index in [1.54, 1.807) is 5.57 Å². The summed E-state index contributed by atoms with van der Waals surface area (Å²) >= 11 is 2.41. The summed E-state index contributed by atoms with van der Waals surface area (Å²) in [5.74, 6) is 0. The van der Waals surface area contributed by atoms with Crippen molar-refractivity contribution in [3.05, 3.63) is 50.1 Å². The Morgan fingerprint density at radius 1 is 1.16 bits per heavy atom. The van der Waals surface area contributed by atoms with Gasteiger partial charge in [-0.05, 0) is 83.9 Å². The molecule has 0 radical (unpaired) electrons. The Morgan fingerprint density at radius 3 is 2.53 bits per heavy atom. The highest BCUT2D eigenvalue weighted by Gasteiger charge is 2.26. The summed E-state index contributed by atoms with van der Waals surface area (Å²) in [5, 5.41) is 0. The largest absolute Gasteiger partial charge is 0.0696 e. The van der Waals surface area contributed by atoms with Gasteiger partial charge in [-0.25, -0.2) is 0 Å². The van der Waals surface area contributed by atoms with Gasteiger partial charge in [-0.15, -0.1) is 0 Å². The molecule has 0 heterocycles. The van der Waals surface area contributed by atoms with Crippen LogP contribution in [0.3, 0.4) is 0 Å². The molecule has 0 spiro atoms. The molecule has 0 amide bonds. The lowest BCUT2D eigenvalue weighted by Crippen LogP contribution is -2.18. The Kier molecular flexibility index (Phi) is 4.54. The first-order chi connectivity index (χ1) is 8.90. The van der Waals surface area contributed by atoms with E-state index in [1.807, 2.05) is 0 Å². The third-order valence-electron chi connectivity index (χ3n) is 4.18. The fourth-order valence-corrected chi connectivity index (χ4v) is 3.44. The van der Waals surface area contributed by atoms with Crippen LogP contribution < -0.4 is 0 Å². The number of benzene rings is 1. The second-order valence-corrected chi connectivity index (χ2v) is 7.44. The molecule has 1 aliphatic rings. The van der Waals surface area contributed by atoms with Crippen molar-refractivity contribution in [3.63, 3.8) is 0 Å². The third kappa shape index (κ3) is 3.50. The lowest BCUT2D eigenvalue weighted by molar-refractivity contribution is 0.377. The Hall–Kier alpha value is -0.570. The van der Waals surface area contributed by atoms with Crippen molar-refractivity contribution in [1.29, 1.82) is 0 Å². The molecule has 0 saturated heterocycles. The van der Waals surface area contributed by atoms with Gasteiger partial charge >= 0.3 is 0 Å². The molecule has 2 rings (SSSR count). The van der Waals surface area contributed by atoms with Gasteiger partial charge in [-0.3, -0.25) is 0 Å². The lowest BCUT2D eigenvalue weighted by atomic mass is 9.72. The minimum atomic E-state index is 0.330. The monoisotopic (exact) mass is 366 g/mol. The van der Waals surface area contributed by atoms with E-state index in [1.165, 1.54) is 39.5 Å². The normalized spacial score (nSPS) is 19.2. The molecule has 0 aliphatic heterocycles. The Morgan fingerprint density at radius 2 is 1.89 bits per heavy atom. The number of rotatable bonds is 2. The molecule has 0 atom stereocenters. The molecular formula is C18H23I. The smallest absolute Gasteiger partial charge is 0.0165 e. The van der Waals surface area contributed by atoms with Crippen LogP contribution in [0.25, 0.3) is 6.08 Å². The van der Waals surface area contributed by atoms with Crippen LogP contribution >= 0.6 is 22.6 Å². The number of halogens is 1. The molecule has 0 bridgehead atoms. The van der Waals surface area contributed by atoms with E-state index < -0.39 is 0 Å². The van der Waals surface area contributed by atoms with Gasteiger partial charge in [0, 0.05) is 3.57 Å². The van der Waals surface area contributed by atoms with Crippen molar-refractivity contribution in [2.24, 2.45) is 5.41 Å². The van der Waals surface area contributed by atoms with E-state index in [0.29, 0.717) is 5.41 Å². The van der Waals surface area contributed by atoms with Crippen molar-refractivity contribution in [3.8, 4) is 0 Å². The van der Waals surface area contributed by atoms with Crippen LogP contribution in [0.15, 0.2) is 35.4 Å². The van der Waals surface area contributed by atoms with Gasteiger partial charge in [0.25, 0.3) is 0 Å². The van der Waals surface area contributed by atoms with E-state index in [0.717, 1.165) is 0 Å². The van der Waals surface area contributed by atoms with Gasteiger partial charge in [0.2, 0.25) is 0 Å². The third-order valence-corrected chi connectivity index (χ3v) is 5.34. The zero-order valence-electron chi connectivity index (χ0n) is 12.4. The second kappa shape index (κ2) is 5.82. The molecule has 0 fully saturated rings. The highest BCUT2D eigenvalue weighted by Crippen LogP contribution is 2.40. The van der Waals surface area contributed by atoms with Crippen LogP contribution in [0.5, 0.6) is 0 Å². The summed E-state index contributed by atoms with van der Waals surface area (Å²) in [4.78, 5) is 0. The molecular weight excluding hydrogens is 343 g/mol. The zero-order valence-corrected chi connectivity index (χ0v) is 14.5. The first-order valence-electron chi connectivity index (χ1n) is 7.04. The van der Waals surface area contributed by atoms with Crippen LogP contribution in [0.1, 0.15) is 51.2 Å². The molecule has 19 heavy (non-hydrogen) atoms. The topological polar surface area (TPSA) is 0 Å². The maximum Gasteiger partial charge on any atom is 0.0165 e. The van der Waals surface area contributed by atoms with Gasteiger partial charge in [-0.2, -0.15) is 0 Å². The number of allylic oxidation sites excluding steroid dienone is 3. The Labute approximate surface area is 131 Å². The first-order valence-corrected chi connectivity index (χ1v) is 8.12. The molecule has 1 aromatic carbocycles. The van der Waals surface area contributed by atoms with Crippen LogP contribution in [-0.2, 0) is 0 Å². The molecule has 0 aromatic heterocycles. The first kappa shape index (κ1) is 14.8. The zero-order chi connectivity index (χ0) is 14.0. The minimum Gasteiger partial charge on any atom is -0.0696 e. The van der Waals surface area contributed by atoms with Crippen molar-refractivity contribution in [2.45, 2.75) is 47.0 Å². The van der Waals surface area contributed by atoms with Gasteiger partial charge in [0.1, 0.15) is 0 Å². The summed E-state index contributed by atoms with van der Waals surface area (Å²) in [6.07, 6.45) is 8.51. The lowest BCUT2D eigenvalue weighted by Gasteiger charge is -2.32. The predicted octanol–water partition coefficient (Wildman–Crippen LogP) is 6.14. The summed E-state index contributed by atoms with van der Waals surface area (Å²) < 4.78 is 1.34. The van der Waals surface area contributed by atoms with Gasteiger partial charge < -0.3 is 0 Å². The van der Waals surface area contributed by atoms with Crippen molar-refractivity contribution < 1.29 is 0 Å². The molecule has 0 N–H and O–H groups in total. The highest BCUT2D eigenvalue weighted by molar-refractivity contribution is 14.1. The van der Waals surface area contributed by atoms with Gasteiger partial charge in [0.15, 0.2) is 0 Å². The highest BCUT2D eigenvalue weighted by atomic mass is 127. The summed E-state index contributed by atoms with van der Waals surface area (Å²) in [5.41, 5.74) is 6.09. The molecule has 1 heteroatoms. The summed E-state index contributed by atoms with van der Waals surface area (Å²) in [6, 6.07) is 6.67. The molecule has 0 saturated carbocycles. The van der Waals surface area contributed by atoms with Crippen molar-refractivity contribution in [1.82, 2.24) is 0 Å². The van der Waals surface area contributed by atoms with E-state index in [-0.39, 0.29) is 0 Å². The molecule has 1 aromatic rings. The Bertz CT molecular complexity index is 533. The maximum atomic E-state index is 2.41. The van der Waals surface area contributed by atoms with Crippen LogP contribution in [0.4, 0.5) is 0 Å². The van der Waals surface area contributed by atoms with Crippen molar-refractivity contribution in [2.75, 3.05) is 0 Å². The SMILES string of the molecule is CC1=C(/C=C/c2ccc(C)c(I)c2)C(C)(C)CCC1. The quantitative estimate of drug-likeness (QED) is 0.552. The summed E-state index contributed by atoms with van der Waals surface area (Å²) in [7, 11) is 0. The van der Waals surface area contributed by atoms with Crippen LogP contribution in [0, 0.1) is 15.9 Å². The predicted molar refractivity (Wildman–Crippen MR) is 93.3 cm³/mol. The van der Waals surface area contributed by atoms with E-state index in [2.05, 4.69) is 80.6 Å². The fourth-order valence-electron chi connectivity index (χ4n) is 2.90. The average Bonchev–Trinajstić information content (AvgIpc) is 2.32. The van der Waals surface area contributed by atoms with Crippen LogP contribution in [0.2, 0.25) is 0 Å². The van der Waals surface area contributed by atoms with E-state index in [9.17, 15) is 0 Å². The van der Waals surface area contributed by atoms with Crippen LogP contribution in [-0.4, -0.2) is 0 Å². The molecule has 102 valence electrons. The fraction of sp³-hybridized carbons (Fsp3) is 0.444. The maximum absolute atomic E-state index is 2.41. The minimum absolute atomic E-state index is 0.330. The average molecular weight is 366 g/mol. The molecule has 0 nitrogen and oxygen atoms in total. The molecule has 1 aliphatic carbocycles.